The Kier molecular flexibility index (Phi) is 3.99. The first kappa shape index (κ1) is 14.4. The summed E-state index contributed by atoms with van der Waals surface area (Å²) in [7, 11) is 0. The number of carbonyl (C=O) groups is 1. The molecule has 110 valence electrons. The number of fused-ring (bicyclic) bond motifs is 1. The molecule has 22 heavy (non-hydrogen) atoms. The molecule has 1 amide bonds. The van der Waals surface area contributed by atoms with Gasteiger partial charge in [0.05, 0.1) is 10.2 Å². The summed E-state index contributed by atoms with van der Waals surface area (Å²) in [4.78, 5) is 16.2. The van der Waals surface area contributed by atoms with Gasteiger partial charge in [0.15, 0.2) is 10.2 Å². The van der Waals surface area contributed by atoms with Crippen LogP contribution < -0.4 is 16.4 Å². The minimum atomic E-state index is -0.253. The fourth-order valence-corrected chi connectivity index (χ4v) is 2.88. The van der Waals surface area contributed by atoms with E-state index in [9.17, 15) is 4.79 Å². The summed E-state index contributed by atoms with van der Waals surface area (Å²) in [5.41, 5.74) is 7.77. The smallest absolute Gasteiger partial charge is 0.257 e. The lowest BCUT2D eigenvalue weighted by molar-refractivity contribution is 0.0978. The van der Waals surface area contributed by atoms with Crippen molar-refractivity contribution >= 4 is 55.6 Å². The van der Waals surface area contributed by atoms with Crippen LogP contribution in [0, 0.1) is 0 Å². The average molecular weight is 328 g/mol. The van der Waals surface area contributed by atoms with E-state index >= 15 is 0 Å². The van der Waals surface area contributed by atoms with E-state index in [-0.39, 0.29) is 11.0 Å². The Bertz CT molecular complexity index is 845. The number of anilines is 2. The maximum atomic E-state index is 12.0. The topological polar surface area (TPSA) is 80.0 Å². The number of hydrogen-bond donors (Lipinski definition) is 3. The summed E-state index contributed by atoms with van der Waals surface area (Å²) in [6.45, 7) is 0. The molecule has 5 nitrogen and oxygen atoms in total. The van der Waals surface area contributed by atoms with Crippen molar-refractivity contribution in [2.45, 2.75) is 0 Å². The first-order valence-corrected chi connectivity index (χ1v) is 7.68. The zero-order valence-electron chi connectivity index (χ0n) is 11.4. The van der Waals surface area contributed by atoms with E-state index in [2.05, 4.69) is 15.6 Å². The van der Waals surface area contributed by atoms with Crippen LogP contribution in [-0.2, 0) is 0 Å². The number of nitrogens with one attached hydrogen (secondary N) is 2. The Morgan fingerprint density at radius 1 is 1.18 bits per heavy atom. The van der Waals surface area contributed by atoms with Gasteiger partial charge in [0, 0.05) is 11.3 Å². The summed E-state index contributed by atoms with van der Waals surface area (Å²) < 4.78 is 1.00. The van der Waals surface area contributed by atoms with E-state index in [0.717, 1.165) is 15.9 Å². The standard InChI is InChI=1S/C15H12N4OS2/c16-14-18-11-8-10(6-7-12(11)22-14)17-15(21)19-13(20)9-4-2-1-3-5-9/h1-8H,(H2,16,18)(H2,17,19,20,21). The number of aromatic nitrogens is 1. The van der Waals surface area contributed by atoms with E-state index in [1.807, 2.05) is 24.3 Å². The Labute approximate surface area is 136 Å². The van der Waals surface area contributed by atoms with Crippen LogP contribution in [0.3, 0.4) is 0 Å². The highest BCUT2D eigenvalue weighted by Gasteiger charge is 2.08. The monoisotopic (exact) mass is 328 g/mol. The van der Waals surface area contributed by atoms with Gasteiger partial charge >= 0.3 is 0 Å². The fourth-order valence-electron chi connectivity index (χ4n) is 1.95. The molecule has 0 fully saturated rings. The van der Waals surface area contributed by atoms with Gasteiger partial charge in [-0.3, -0.25) is 10.1 Å². The number of nitrogens with zero attached hydrogens (tertiary/aromatic N) is 1. The largest absolute Gasteiger partial charge is 0.375 e. The molecule has 0 saturated heterocycles. The number of thiazole rings is 1. The predicted molar refractivity (Wildman–Crippen MR) is 94.2 cm³/mol. The molecule has 0 saturated carbocycles. The molecule has 0 atom stereocenters. The van der Waals surface area contributed by atoms with Gasteiger partial charge in [-0.25, -0.2) is 4.98 Å². The molecule has 0 aliphatic carbocycles. The third-order valence-corrected chi connectivity index (χ3v) is 3.99. The van der Waals surface area contributed by atoms with E-state index < -0.39 is 0 Å². The number of hydrogen-bond acceptors (Lipinski definition) is 5. The molecule has 7 heteroatoms. The van der Waals surface area contributed by atoms with Crippen molar-refractivity contribution in [3.8, 4) is 0 Å². The van der Waals surface area contributed by atoms with Gasteiger partial charge in [-0.1, -0.05) is 29.5 Å². The maximum absolute atomic E-state index is 12.0. The fraction of sp³-hybridized carbons (Fsp3) is 0. The highest BCUT2D eigenvalue weighted by atomic mass is 32.1. The molecular formula is C15H12N4OS2. The van der Waals surface area contributed by atoms with Crippen LogP contribution in [0.1, 0.15) is 10.4 Å². The molecule has 0 aliphatic rings. The molecule has 0 spiro atoms. The Balaban J connectivity index is 1.69. The highest BCUT2D eigenvalue weighted by molar-refractivity contribution is 7.80. The van der Waals surface area contributed by atoms with E-state index in [1.54, 1.807) is 24.3 Å². The molecule has 3 rings (SSSR count). The molecule has 0 unspecified atom stereocenters. The Hall–Kier alpha value is -2.51. The first-order chi connectivity index (χ1) is 10.6. The van der Waals surface area contributed by atoms with Gasteiger partial charge < -0.3 is 11.1 Å². The van der Waals surface area contributed by atoms with Gasteiger partial charge in [-0.05, 0) is 42.5 Å². The number of amides is 1. The lowest BCUT2D eigenvalue weighted by Crippen LogP contribution is -2.34. The number of benzene rings is 2. The third-order valence-electron chi connectivity index (χ3n) is 2.93. The van der Waals surface area contributed by atoms with Gasteiger partial charge in [-0.2, -0.15) is 0 Å². The zero-order valence-corrected chi connectivity index (χ0v) is 13.0. The molecule has 0 radical (unpaired) electrons. The second-order valence-corrected chi connectivity index (χ2v) is 5.98. The normalized spacial score (nSPS) is 10.4. The molecule has 1 aromatic heterocycles. The average Bonchev–Trinajstić information content (AvgIpc) is 2.87. The van der Waals surface area contributed by atoms with Gasteiger partial charge in [0.1, 0.15) is 0 Å². The lowest BCUT2D eigenvalue weighted by Gasteiger charge is -2.09. The molecule has 4 N–H and O–H groups in total. The number of nitrogen functional groups attached to an aromatic ring is 1. The molecule has 3 aromatic rings. The molecule has 2 aromatic carbocycles. The number of rotatable bonds is 2. The Morgan fingerprint density at radius 3 is 2.73 bits per heavy atom. The number of thiocarbonyl (C=S) groups is 1. The van der Waals surface area contributed by atoms with Gasteiger partial charge in [-0.15, -0.1) is 0 Å². The summed E-state index contributed by atoms with van der Waals surface area (Å²) in [5, 5.41) is 6.36. The van der Waals surface area contributed by atoms with Crippen molar-refractivity contribution in [1.82, 2.24) is 10.3 Å². The van der Waals surface area contributed by atoms with Crippen molar-refractivity contribution in [1.29, 1.82) is 0 Å². The summed E-state index contributed by atoms with van der Waals surface area (Å²) in [6, 6.07) is 14.5. The third kappa shape index (κ3) is 3.21. The van der Waals surface area contributed by atoms with E-state index in [4.69, 9.17) is 18.0 Å². The van der Waals surface area contributed by atoms with Crippen LogP contribution in [0.25, 0.3) is 10.2 Å². The summed E-state index contributed by atoms with van der Waals surface area (Å²) >= 11 is 6.58. The zero-order chi connectivity index (χ0) is 15.5. The molecular weight excluding hydrogens is 316 g/mol. The predicted octanol–water partition coefficient (Wildman–Crippen LogP) is 3.01. The van der Waals surface area contributed by atoms with Crippen LogP contribution >= 0.6 is 23.6 Å². The van der Waals surface area contributed by atoms with Crippen molar-refractivity contribution in [3.63, 3.8) is 0 Å². The van der Waals surface area contributed by atoms with Crippen LogP contribution in [0.15, 0.2) is 48.5 Å². The van der Waals surface area contributed by atoms with Crippen molar-refractivity contribution in [3.05, 3.63) is 54.1 Å². The summed E-state index contributed by atoms with van der Waals surface area (Å²) in [5.74, 6) is -0.253. The van der Waals surface area contributed by atoms with Crippen molar-refractivity contribution < 1.29 is 4.79 Å². The van der Waals surface area contributed by atoms with Crippen LogP contribution in [0.5, 0.6) is 0 Å². The quantitative estimate of drug-likeness (QED) is 0.630. The number of nitrogens with two attached hydrogens (primary N) is 1. The van der Waals surface area contributed by atoms with Crippen molar-refractivity contribution in [2.24, 2.45) is 0 Å². The van der Waals surface area contributed by atoms with Crippen LogP contribution in [0.4, 0.5) is 10.8 Å². The SMILES string of the molecule is Nc1nc2cc(NC(=S)NC(=O)c3ccccc3)ccc2s1. The maximum Gasteiger partial charge on any atom is 0.257 e. The second kappa shape index (κ2) is 6.08. The minimum absolute atomic E-state index is 0.233. The minimum Gasteiger partial charge on any atom is -0.375 e. The molecule has 0 bridgehead atoms. The highest BCUT2D eigenvalue weighted by Crippen LogP contribution is 2.26. The Morgan fingerprint density at radius 2 is 1.95 bits per heavy atom. The summed E-state index contributed by atoms with van der Waals surface area (Å²) in [6.07, 6.45) is 0. The lowest BCUT2D eigenvalue weighted by atomic mass is 10.2. The van der Waals surface area contributed by atoms with Gasteiger partial charge in [0.2, 0.25) is 0 Å². The van der Waals surface area contributed by atoms with Gasteiger partial charge in [0.25, 0.3) is 5.91 Å². The molecule has 1 heterocycles. The van der Waals surface area contributed by atoms with E-state index in [1.165, 1.54) is 11.3 Å². The molecule has 0 aliphatic heterocycles. The van der Waals surface area contributed by atoms with E-state index in [0.29, 0.717) is 10.7 Å². The van der Waals surface area contributed by atoms with Crippen LogP contribution in [0.2, 0.25) is 0 Å². The van der Waals surface area contributed by atoms with Crippen LogP contribution in [-0.4, -0.2) is 16.0 Å². The second-order valence-electron chi connectivity index (χ2n) is 4.51. The number of carbonyl (C=O) groups excluding carboxylic acids is 1. The first-order valence-electron chi connectivity index (χ1n) is 6.45. The van der Waals surface area contributed by atoms with Crippen molar-refractivity contribution in [2.75, 3.05) is 11.1 Å².